The van der Waals surface area contributed by atoms with E-state index in [1.807, 2.05) is 0 Å². The van der Waals surface area contributed by atoms with Gasteiger partial charge in [0.05, 0.1) is 11.8 Å². The highest BCUT2D eigenvalue weighted by Crippen LogP contribution is 2.29. The maximum atomic E-state index is 10.8. The quantitative estimate of drug-likeness (QED) is 0.403. The second-order valence-electron chi connectivity index (χ2n) is 2.87. The first-order chi connectivity index (χ1) is 5.27. The lowest BCUT2D eigenvalue weighted by molar-refractivity contribution is -0.143. The van der Waals surface area contributed by atoms with Crippen molar-refractivity contribution in [2.75, 3.05) is 6.61 Å². The van der Waals surface area contributed by atoms with Crippen LogP contribution < -0.4 is 0 Å². The lowest BCUT2D eigenvalue weighted by Gasteiger charge is -2.27. The molecule has 0 amide bonds. The Hall–Kier alpha value is -0.280. The van der Waals surface area contributed by atoms with Crippen LogP contribution in [0.2, 0.25) is 0 Å². The predicted molar refractivity (Wildman–Crippen MR) is 38.5 cm³/mol. The highest BCUT2D eigenvalue weighted by molar-refractivity contribution is 6.21. The van der Waals surface area contributed by atoms with Gasteiger partial charge in [0.1, 0.15) is 12.2 Å². The maximum Gasteiger partial charge on any atom is 0.308 e. The summed E-state index contributed by atoms with van der Waals surface area (Å²) in [4.78, 5) is 10.8. The average Bonchev–Trinajstić information content (AvgIpc) is 2.31. The molecule has 2 heterocycles. The van der Waals surface area contributed by atoms with E-state index in [-0.39, 0.29) is 23.6 Å². The van der Waals surface area contributed by atoms with Gasteiger partial charge in [-0.2, -0.15) is 0 Å². The van der Waals surface area contributed by atoms with Gasteiger partial charge < -0.3 is 9.47 Å². The first-order valence-electron chi connectivity index (χ1n) is 3.72. The van der Waals surface area contributed by atoms with E-state index in [9.17, 15) is 4.79 Å². The van der Waals surface area contributed by atoms with E-state index in [2.05, 4.69) is 0 Å². The zero-order valence-corrected chi connectivity index (χ0v) is 6.71. The van der Waals surface area contributed by atoms with Gasteiger partial charge in [-0.1, -0.05) is 0 Å². The van der Waals surface area contributed by atoms with Gasteiger partial charge in [0.15, 0.2) is 0 Å². The molecular formula is C7H9ClO3. The molecule has 0 spiro atoms. The fraction of sp³-hybridized carbons (Fsp3) is 0.857. The minimum atomic E-state index is -0.196. The molecule has 2 saturated heterocycles. The Kier molecular flexibility index (Phi) is 1.77. The van der Waals surface area contributed by atoms with Crippen LogP contribution in [0.1, 0.15) is 12.8 Å². The number of fused-ring (bicyclic) bond motifs is 1. The second kappa shape index (κ2) is 2.64. The van der Waals surface area contributed by atoms with Crippen molar-refractivity contribution in [3.63, 3.8) is 0 Å². The first-order valence-corrected chi connectivity index (χ1v) is 4.16. The Labute approximate surface area is 69.6 Å². The summed E-state index contributed by atoms with van der Waals surface area (Å²) in [6.45, 7) is 0.645. The Morgan fingerprint density at radius 3 is 3.09 bits per heavy atom. The molecule has 0 aromatic heterocycles. The van der Waals surface area contributed by atoms with Crippen LogP contribution in [0.5, 0.6) is 0 Å². The van der Waals surface area contributed by atoms with E-state index < -0.39 is 0 Å². The van der Waals surface area contributed by atoms with Crippen molar-refractivity contribution in [2.45, 2.75) is 30.4 Å². The fourth-order valence-electron chi connectivity index (χ4n) is 1.51. The summed E-state index contributed by atoms with van der Waals surface area (Å²) in [5, 5.41) is -0.0554. The lowest BCUT2D eigenvalue weighted by Crippen LogP contribution is -2.38. The third-order valence-corrected chi connectivity index (χ3v) is 2.55. The molecule has 62 valence electrons. The molecule has 3 atom stereocenters. The maximum absolute atomic E-state index is 10.8. The highest BCUT2D eigenvalue weighted by Gasteiger charge is 2.42. The van der Waals surface area contributed by atoms with E-state index in [1.165, 1.54) is 0 Å². The molecule has 0 aromatic rings. The molecule has 0 unspecified atom stereocenters. The highest BCUT2D eigenvalue weighted by atomic mass is 35.5. The summed E-state index contributed by atoms with van der Waals surface area (Å²) < 4.78 is 10.3. The predicted octanol–water partition coefficient (Wildman–Crippen LogP) is 0.698. The van der Waals surface area contributed by atoms with E-state index in [0.29, 0.717) is 13.0 Å². The average molecular weight is 177 g/mol. The Morgan fingerprint density at radius 2 is 2.36 bits per heavy atom. The van der Waals surface area contributed by atoms with Crippen molar-refractivity contribution < 1.29 is 14.3 Å². The lowest BCUT2D eigenvalue weighted by atomic mass is 10.1. The monoisotopic (exact) mass is 176 g/mol. The Balaban J connectivity index is 2.09. The third kappa shape index (κ3) is 1.23. The number of ether oxygens (including phenoxy) is 2. The van der Waals surface area contributed by atoms with Gasteiger partial charge in [-0.25, -0.2) is 0 Å². The van der Waals surface area contributed by atoms with Crippen LogP contribution >= 0.6 is 11.6 Å². The summed E-state index contributed by atoms with van der Waals surface area (Å²) in [6, 6.07) is 0. The molecule has 2 fully saturated rings. The second-order valence-corrected chi connectivity index (χ2v) is 3.43. The summed E-state index contributed by atoms with van der Waals surface area (Å²) >= 11 is 5.93. The summed E-state index contributed by atoms with van der Waals surface area (Å²) in [6.07, 6.45) is 0.862. The molecule has 11 heavy (non-hydrogen) atoms. The van der Waals surface area contributed by atoms with Gasteiger partial charge in [-0.3, -0.25) is 4.79 Å². The molecule has 2 aliphatic rings. The van der Waals surface area contributed by atoms with Crippen LogP contribution in [0.3, 0.4) is 0 Å². The van der Waals surface area contributed by atoms with Crippen LogP contribution in [0.15, 0.2) is 0 Å². The number of carbonyl (C=O) groups excluding carboxylic acids is 1. The van der Waals surface area contributed by atoms with Gasteiger partial charge in [0.25, 0.3) is 0 Å². The zero-order valence-electron chi connectivity index (χ0n) is 5.96. The Morgan fingerprint density at radius 1 is 1.55 bits per heavy atom. The van der Waals surface area contributed by atoms with Crippen molar-refractivity contribution in [1.29, 1.82) is 0 Å². The SMILES string of the molecule is O=C1C[C@H]2OCC[C@@H](Cl)[C@H]2O1. The van der Waals surface area contributed by atoms with Gasteiger partial charge in [-0.15, -0.1) is 11.6 Å². The van der Waals surface area contributed by atoms with E-state index in [0.717, 1.165) is 6.42 Å². The van der Waals surface area contributed by atoms with E-state index >= 15 is 0 Å². The molecule has 4 heteroatoms. The van der Waals surface area contributed by atoms with Crippen LogP contribution in [0, 0.1) is 0 Å². The normalized spacial score (nSPS) is 43.4. The van der Waals surface area contributed by atoms with Crippen LogP contribution in [-0.4, -0.2) is 30.2 Å². The van der Waals surface area contributed by atoms with Crippen LogP contribution in [0.25, 0.3) is 0 Å². The van der Waals surface area contributed by atoms with Gasteiger partial charge >= 0.3 is 5.97 Å². The molecule has 0 bridgehead atoms. The van der Waals surface area contributed by atoms with Crippen LogP contribution in [0.4, 0.5) is 0 Å². The van der Waals surface area contributed by atoms with Gasteiger partial charge in [-0.05, 0) is 6.42 Å². The summed E-state index contributed by atoms with van der Waals surface area (Å²) in [7, 11) is 0. The first kappa shape index (κ1) is 7.37. The van der Waals surface area contributed by atoms with E-state index in [4.69, 9.17) is 21.1 Å². The minimum Gasteiger partial charge on any atom is -0.458 e. The van der Waals surface area contributed by atoms with Crippen molar-refractivity contribution in [3.05, 3.63) is 0 Å². The molecule has 0 saturated carbocycles. The molecule has 3 nitrogen and oxygen atoms in total. The largest absolute Gasteiger partial charge is 0.458 e. The molecule has 2 rings (SSSR count). The van der Waals surface area contributed by atoms with Crippen LogP contribution in [-0.2, 0) is 14.3 Å². The topological polar surface area (TPSA) is 35.5 Å². The van der Waals surface area contributed by atoms with Gasteiger partial charge in [0, 0.05) is 6.61 Å². The van der Waals surface area contributed by atoms with Crippen molar-refractivity contribution in [3.8, 4) is 0 Å². The number of alkyl halides is 1. The van der Waals surface area contributed by atoms with Crippen molar-refractivity contribution >= 4 is 17.6 Å². The standard InChI is InChI=1S/C7H9ClO3/c8-4-1-2-10-5-3-6(9)11-7(4)5/h4-5,7H,1-3H2/t4-,5-,7-/m1/s1. The minimum absolute atomic E-state index is 0.0554. The summed E-state index contributed by atoms with van der Waals surface area (Å²) in [5.74, 6) is -0.187. The number of rotatable bonds is 0. The molecule has 0 radical (unpaired) electrons. The van der Waals surface area contributed by atoms with E-state index in [1.54, 1.807) is 0 Å². The number of hydrogen-bond donors (Lipinski definition) is 0. The molecule has 0 aromatic carbocycles. The smallest absolute Gasteiger partial charge is 0.308 e. The van der Waals surface area contributed by atoms with Gasteiger partial charge in [0.2, 0.25) is 0 Å². The van der Waals surface area contributed by atoms with Crippen molar-refractivity contribution in [2.24, 2.45) is 0 Å². The molecular weight excluding hydrogens is 168 g/mol. The number of esters is 1. The zero-order chi connectivity index (χ0) is 7.84. The molecule has 2 aliphatic heterocycles. The number of hydrogen-bond acceptors (Lipinski definition) is 3. The molecule has 0 N–H and O–H groups in total. The fourth-order valence-corrected chi connectivity index (χ4v) is 1.82. The Bertz CT molecular complexity index is 183. The third-order valence-electron chi connectivity index (χ3n) is 2.08. The summed E-state index contributed by atoms with van der Waals surface area (Å²) in [5.41, 5.74) is 0. The molecule has 0 aliphatic carbocycles. The number of halogens is 1. The number of carbonyl (C=O) groups is 1. The van der Waals surface area contributed by atoms with Crippen molar-refractivity contribution in [1.82, 2.24) is 0 Å².